The number of anilines is 1. The van der Waals surface area contributed by atoms with Gasteiger partial charge in [-0.15, -0.1) is 11.3 Å². The van der Waals surface area contributed by atoms with Crippen molar-refractivity contribution >= 4 is 23.0 Å². The van der Waals surface area contributed by atoms with Gasteiger partial charge < -0.3 is 20.6 Å². The summed E-state index contributed by atoms with van der Waals surface area (Å²) in [6.07, 6.45) is 0. The summed E-state index contributed by atoms with van der Waals surface area (Å²) < 4.78 is 4.43. The molecule has 0 radical (unpaired) electrons. The van der Waals surface area contributed by atoms with Gasteiger partial charge in [0, 0.05) is 0 Å². The Kier molecular flexibility index (Phi) is 3.02. The maximum atomic E-state index is 11.5. The largest absolute Gasteiger partial charge is 0.501 e. The van der Waals surface area contributed by atoms with Crippen molar-refractivity contribution in [3.8, 4) is 16.5 Å². The van der Waals surface area contributed by atoms with Gasteiger partial charge in [-0.3, -0.25) is 4.79 Å². The van der Waals surface area contributed by atoms with Gasteiger partial charge in [-0.1, -0.05) is 0 Å². The van der Waals surface area contributed by atoms with Crippen LogP contribution in [0.5, 0.6) is 5.75 Å². The third-order valence-corrected chi connectivity index (χ3v) is 3.12. The fraction of sp³-hybridized carbons (Fsp3) is 0.100. The number of aromatic hydroxyl groups is 1. The number of aromatic amines is 1. The van der Waals surface area contributed by atoms with Gasteiger partial charge in [-0.05, 0) is 11.4 Å². The van der Waals surface area contributed by atoms with Gasteiger partial charge in [0.15, 0.2) is 11.5 Å². The molecule has 94 valence electrons. The molecule has 0 fully saturated rings. The molecule has 18 heavy (non-hydrogen) atoms. The Balaban J connectivity index is 2.65. The number of nitrogen functional groups attached to an aromatic ring is 1. The number of carbonyl (C=O) groups is 1. The van der Waals surface area contributed by atoms with E-state index in [4.69, 9.17) is 5.73 Å². The second kappa shape index (κ2) is 4.49. The molecule has 0 unspecified atom stereocenters. The maximum Gasteiger partial charge on any atom is 0.360 e. The third kappa shape index (κ3) is 1.93. The molecular formula is C10H9N3O4S. The lowest BCUT2D eigenvalue weighted by atomic mass is 10.3. The Morgan fingerprint density at radius 3 is 2.89 bits per heavy atom. The number of H-pyrrole nitrogens is 1. The summed E-state index contributed by atoms with van der Waals surface area (Å²) >= 11 is 1.25. The van der Waals surface area contributed by atoms with Crippen molar-refractivity contribution in [2.75, 3.05) is 12.8 Å². The summed E-state index contributed by atoms with van der Waals surface area (Å²) in [4.78, 5) is 29.6. The first-order valence-corrected chi connectivity index (χ1v) is 5.67. The monoisotopic (exact) mass is 267 g/mol. The zero-order chi connectivity index (χ0) is 13.3. The zero-order valence-corrected chi connectivity index (χ0v) is 10.1. The minimum atomic E-state index is -0.894. The van der Waals surface area contributed by atoms with Crippen LogP contribution in [-0.4, -0.2) is 28.2 Å². The summed E-state index contributed by atoms with van der Waals surface area (Å²) in [5, 5.41) is 11.2. The van der Waals surface area contributed by atoms with Crippen LogP contribution in [0, 0.1) is 0 Å². The highest BCUT2D eigenvalue weighted by atomic mass is 32.1. The van der Waals surface area contributed by atoms with Gasteiger partial charge in [0.05, 0.1) is 17.7 Å². The first-order valence-electron chi connectivity index (χ1n) is 4.79. The van der Waals surface area contributed by atoms with E-state index < -0.39 is 23.0 Å². The molecule has 0 atom stereocenters. The Morgan fingerprint density at radius 2 is 2.33 bits per heavy atom. The van der Waals surface area contributed by atoms with Crippen molar-refractivity contribution in [3.05, 3.63) is 27.5 Å². The molecule has 0 amide bonds. The molecule has 0 aliphatic heterocycles. The van der Waals surface area contributed by atoms with Crippen LogP contribution in [0.2, 0.25) is 0 Å². The number of hydrogen-bond donors (Lipinski definition) is 3. The molecule has 0 spiro atoms. The zero-order valence-electron chi connectivity index (χ0n) is 9.26. The molecule has 2 rings (SSSR count). The molecule has 0 saturated heterocycles. The molecular weight excluding hydrogens is 258 g/mol. The normalized spacial score (nSPS) is 10.3. The van der Waals surface area contributed by atoms with Gasteiger partial charge in [0.1, 0.15) is 0 Å². The van der Waals surface area contributed by atoms with Crippen LogP contribution in [0.3, 0.4) is 0 Å². The molecule has 2 aromatic rings. The number of nitrogens with two attached hydrogens (primary N) is 1. The molecule has 0 bridgehead atoms. The highest BCUT2D eigenvalue weighted by Crippen LogP contribution is 2.28. The molecule has 0 saturated carbocycles. The number of carbonyl (C=O) groups excluding carboxylic acids is 1. The van der Waals surface area contributed by atoms with E-state index in [1.165, 1.54) is 11.3 Å². The number of methoxy groups -OCH3 is 1. The smallest absolute Gasteiger partial charge is 0.360 e. The number of hydrogen-bond acceptors (Lipinski definition) is 7. The molecule has 0 aliphatic carbocycles. The van der Waals surface area contributed by atoms with Gasteiger partial charge >= 0.3 is 5.97 Å². The summed E-state index contributed by atoms with van der Waals surface area (Å²) in [5.41, 5.74) is 4.84. The van der Waals surface area contributed by atoms with E-state index >= 15 is 0 Å². The van der Waals surface area contributed by atoms with Crippen molar-refractivity contribution in [1.82, 2.24) is 9.97 Å². The lowest BCUT2D eigenvalue weighted by molar-refractivity contribution is 0.0590. The predicted octanol–water partition coefficient (Wildman–Crippen LogP) is 0.573. The number of nitrogens with zero attached hydrogens (tertiary/aromatic N) is 1. The second-order valence-corrected chi connectivity index (χ2v) is 4.22. The lowest BCUT2D eigenvalue weighted by Crippen LogP contribution is -2.16. The average Bonchev–Trinajstić information content (AvgIpc) is 2.78. The van der Waals surface area contributed by atoms with E-state index in [0.717, 1.165) is 7.11 Å². The molecule has 8 heteroatoms. The fourth-order valence-electron chi connectivity index (χ4n) is 1.33. The van der Waals surface area contributed by atoms with E-state index in [2.05, 4.69) is 14.7 Å². The van der Waals surface area contributed by atoms with Crippen molar-refractivity contribution in [2.24, 2.45) is 0 Å². The number of thiophene rings is 1. The summed E-state index contributed by atoms with van der Waals surface area (Å²) in [7, 11) is 1.13. The summed E-state index contributed by atoms with van der Waals surface area (Å²) in [5.74, 6) is -1.55. The van der Waals surface area contributed by atoms with Crippen LogP contribution in [0.15, 0.2) is 16.2 Å². The molecule has 2 heterocycles. The van der Waals surface area contributed by atoms with Crippen molar-refractivity contribution in [1.29, 1.82) is 0 Å². The van der Waals surface area contributed by atoms with E-state index in [1.807, 2.05) is 0 Å². The highest BCUT2D eigenvalue weighted by Gasteiger charge is 2.20. The van der Waals surface area contributed by atoms with Gasteiger partial charge in [-0.25, -0.2) is 9.78 Å². The Morgan fingerprint density at radius 1 is 1.61 bits per heavy atom. The van der Waals surface area contributed by atoms with Crippen molar-refractivity contribution in [3.63, 3.8) is 0 Å². The average molecular weight is 267 g/mol. The Bertz CT molecular complexity index is 661. The van der Waals surface area contributed by atoms with Crippen LogP contribution in [0.4, 0.5) is 5.69 Å². The van der Waals surface area contributed by atoms with Crippen LogP contribution in [0.1, 0.15) is 10.5 Å². The molecule has 7 nitrogen and oxygen atoms in total. The Labute approximate surface area is 105 Å². The quantitative estimate of drug-likeness (QED) is 0.684. The maximum absolute atomic E-state index is 11.5. The summed E-state index contributed by atoms with van der Waals surface area (Å²) in [6.45, 7) is 0. The number of ether oxygens (including phenoxy) is 1. The van der Waals surface area contributed by atoms with Gasteiger partial charge in [0.25, 0.3) is 5.56 Å². The van der Waals surface area contributed by atoms with Crippen LogP contribution >= 0.6 is 11.3 Å². The van der Waals surface area contributed by atoms with Crippen LogP contribution < -0.4 is 11.3 Å². The summed E-state index contributed by atoms with van der Waals surface area (Å²) in [6, 6.07) is 1.64. The van der Waals surface area contributed by atoms with Crippen molar-refractivity contribution in [2.45, 2.75) is 0 Å². The fourth-order valence-corrected chi connectivity index (χ4v) is 2.09. The second-order valence-electron chi connectivity index (χ2n) is 3.31. The van der Waals surface area contributed by atoms with E-state index in [0.29, 0.717) is 10.6 Å². The highest BCUT2D eigenvalue weighted by molar-refractivity contribution is 7.14. The number of rotatable bonds is 2. The number of nitrogens with one attached hydrogen (secondary N) is 1. The first-order chi connectivity index (χ1) is 8.54. The molecule has 2 aromatic heterocycles. The van der Waals surface area contributed by atoms with Crippen LogP contribution in [0.25, 0.3) is 10.7 Å². The van der Waals surface area contributed by atoms with E-state index in [-0.39, 0.29) is 5.82 Å². The number of esters is 1. The van der Waals surface area contributed by atoms with Gasteiger partial charge in [-0.2, -0.15) is 0 Å². The minimum absolute atomic E-state index is 0.116. The minimum Gasteiger partial charge on any atom is -0.501 e. The topological polar surface area (TPSA) is 118 Å². The molecule has 0 aliphatic rings. The van der Waals surface area contributed by atoms with Crippen LogP contribution in [-0.2, 0) is 4.74 Å². The number of aromatic nitrogens is 2. The lowest BCUT2D eigenvalue weighted by Gasteiger charge is -2.04. The first kappa shape index (κ1) is 12.1. The SMILES string of the molecule is COC(=O)c1nc(-c2sccc2N)[nH]c(=O)c1O. The standard InChI is InChI=1S/C10H9N3O4S/c1-17-10(16)5-6(14)9(15)13-8(12-5)7-4(11)2-3-18-7/h2-3,14H,11H2,1H3,(H,12,13,15). The molecule has 4 N–H and O–H groups in total. The Hall–Kier alpha value is -2.35. The van der Waals surface area contributed by atoms with Gasteiger partial charge in [0.2, 0.25) is 5.75 Å². The van der Waals surface area contributed by atoms with E-state index in [1.54, 1.807) is 11.4 Å². The van der Waals surface area contributed by atoms with Crippen molar-refractivity contribution < 1.29 is 14.6 Å². The van der Waals surface area contributed by atoms with E-state index in [9.17, 15) is 14.7 Å². The predicted molar refractivity (Wildman–Crippen MR) is 65.6 cm³/mol. The third-order valence-electron chi connectivity index (χ3n) is 2.18. The molecule has 0 aromatic carbocycles.